The molecule has 1 atom stereocenters. The molecule has 0 fully saturated rings. The molecule has 106 valence electrons. The summed E-state index contributed by atoms with van der Waals surface area (Å²) in [4.78, 5) is 0. The van der Waals surface area contributed by atoms with Crippen molar-refractivity contribution >= 4 is 0 Å². The average molecular weight is 272 g/mol. The van der Waals surface area contributed by atoms with Gasteiger partial charge in [0.15, 0.2) is 0 Å². The van der Waals surface area contributed by atoms with Gasteiger partial charge in [-0.05, 0) is 50.5 Å². The summed E-state index contributed by atoms with van der Waals surface area (Å²) in [5.41, 5.74) is 5.94. The first-order valence-corrected chi connectivity index (χ1v) is 6.89. The third-order valence-corrected chi connectivity index (χ3v) is 3.75. The first-order valence-electron chi connectivity index (χ1n) is 6.89. The van der Waals surface area contributed by atoms with Crippen LogP contribution in [0, 0.1) is 33.5 Å². The lowest BCUT2D eigenvalue weighted by atomic mass is 9.92. The van der Waals surface area contributed by atoms with Crippen molar-refractivity contribution in [3.05, 3.63) is 69.5 Å². The summed E-state index contributed by atoms with van der Waals surface area (Å²) in [6, 6.07) is 9.05. The number of rotatable bonds is 3. The standard InChI is InChI=1S/C18H21FO/c1-11-5-6-17(19)16(9-11)18(20)10-15-13(3)7-12(2)8-14(15)4/h5-9,18,20H,10H2,1-4H3. The van der Waals surface area contributed by atoms with Gasteiger partial charge in [0.05, 0.1) is 6.10 Å². The van der Waals surface area contributed by atoms with Crippen molar-refractivity contribution in [3.8, 4) is 0 Å². The van der Waals surface area contributed by atoms with Crippen LogP contribution in [0.4, 0.5) is 4.39 Å². The van der Waals surface area contributed by atoms with Crippen molar-refractivity contribution < 1.29 is 9.50 Å². The third kappa shape index (κ3) is 3.07. The molecule has 0 aromatic heterocycles. The monoisotopic (exact) mass is 272 g/mol. The van der Waals surface area contributed by atoms with Gasteiger partial charge in [-0.15, -0.1) is 0 Å². The van der Waals surface area contributed by atoms with Crippen LogP contribution < -0.4 is 0 Å². The first kappa shape index (κ1) is 14.7. The van der Waals surface area contributed by atoms with Crippen LogP contribution >= 0.6 is 0 Å². The number of hydrogen-bond acceptors (Lipinski definition) is 1. The van der Waals surface area contributed by atoms with Crippen LogP contribution in [0.3, 0.4) is 0 Å². The molecule has 0 aliphatic rings. The van der Waals surface area contributed by atoms with Crippen LogP contribution in [0.5, 0.6) is 0 Å². The molecule has 20 heavy (non-hydrogen) atoms. The highest BCUT2D eigenvalue weighted by atomic mass is 19.1. The van der Waals surface area contributed by atoms with Crippen LogP contribution in [0.2, 0.25) is 0 Å². The van der Waals surface area contributed by atoms with Crippen LogP contribution in [0.25, 0.3) is 0 Å². The molecule has 2 rings (SSSR count). The average Bonchev–Trinajstić information content (AvgIpc) is 2.36. The summed E-state index contributed by atoms with van der Waals surface area (Å²) in [6.45, 7) is 8.03. The normalized spacial score (nSPS) is 12.5. The fourth-order valence-corrected chi connectivity index (χ4v) is 2.75. The quantitative estimate of drug-likeness (QED) is 0.881. The number of aliphatic hydroxyl groups is 1. The minimum absolute atomic E-state index is 0.342. The Kier molecular flexibility index (Phi) is 4.24. The van der Waals surface area contributed by atoms with E-state index in [1.807, 2.05) is 20.8 Å². The second-order valence-electron chi connectivity index (χ2n) is 5.62. The Hall–Kier alpha value is -1.67. The van der Waals surface area contributed by atoms with Gasteiger partial charge >= 0.3 is 0 Å². The van der Waals surface area contributed by atoms with E-state index in [-0.39, 0.29) is 5.82 Å². The molecule has 0 amide bonds. The molecule has 1 nitrogen and oxygen atoms in total. The lowest BCUT2D eigenvalue weighted by molar-refractivity contribution is 0.173. The fraction of sp³-hybridized carbons (Fsp3) is 0.333. The van der Waals surface area contributed by atoms with E-state index >= 15 is 0 Å². The first-order chi connectivity index (χ1) is 9.38. The molecule has 2 heteroatoms. The van der Waals surface area contributed by atoms with Gasteiger partial charge in [0.2, 0.25) is 0 Å². The summed E-state index contributed by atoms with van der Waals surface area (Å²) in [6.07, 6.45) is -0.367. The number of halogens is 1. The number of aryl methyl sites for hydroxylation is 4. The molecule has 1 unspecified atom stereocenters. The second kappa shape index (κ2) is 5.76. The SMILES string of the molecule is Cc1cc(C)c(CC(O)c2cc(C)ccc2F)c(C)c1. The molecule has 0 aliphatic carbocycles. The Balaban J connectivity index is 2.32. The Morgan fingerprint density at radius 2 is 1.55 bits per heavy atom. The van der Waals surface area contributed by atoms with Crippen LogP contribution in [-0.4, -0.2) is 5.11 Å². The van der Waals surface area contributed by atoms with Gasteiger partial charge in [0, 0.05) is 12.0 Å². The summed E-state index contributed by atoms with van der Waals surface area (Å²) < 4.78 is 13.8. The van der Waals surface area contributed by atoms with Gasteiger partial charge in [-0.25, -0.2) is 4.39 Å². The van der Waals surface area contributed by atoms with E-state index < -0.39 is 6.10 Å². The van der Waals surface area contributed by atoms with E-state index in [1.165, 1.54) is 11.6 Å². The fourth-order valence-electron chi connectivity index (χ4n) is 2.75. The van der Waals surface area contributed by atoms with Gasteiger partial charge in [-0.3, -0.25) is 0 Å². The molecule has 0 bridgehead atoms. The van der Waals surface area contributed by atoms with Gasteiger partial charge < -0.3 is 5.11 Å². The molecular weight excluding hydrogens is 251 g/mol. The molecule has 0 saturated heterocycles. The summed E-state index contributed by atoms with van der Waals surface area (Å²) >= 11 is 0. The topological polar surface area (TPSA) is 20.2 Å². The maximum absolute atomic E-state index is 13.8. The largest absolute Gasteiger partial charge is 0.388 e. The summed E-state index contributed by atoms with van der Waals surface area (Å²) in [7, 11) is 0. The predicted octanol–water partition coefficient (Wildman–Crippen LogP) is 4.34. The van der Waals surface area contributed by atoms with Gasteiger partial charge in [0.25, 0.3) is 0 Å². The van der Waals surface area contributed by atoms with Crippen LogP contribution in [0.1, 0.15) is 39.5 Å². The molecule has 0 heterocycles. The molecular formula is C18H21FO. The van der Waals surface area contributed by atoms with E-state index in [0.717, 1.165) is 22.3 Å². The molecule has 0 saturated carbocycles. The number of aliphatic hydroxyl groups excluding tert-OH is 1. The smallest absolute Gasteiger partial charge is 0.129 e. The number of hydrogen-bond donors (Lipinski definition) is 1. The van der Waals surface area contributed by atoms with Gasteiger partial charge in [0.1, 0.15) is 5.82 Å². The molecule has 2 aromatic rings. The maximum atomic E-state index is 13.8. The highest BCUT2D eigenvalue weighted by Crippen LogP contribution is 2.26. The van der Waals surface area contributed by atoms with E-state index in [9.17, 15) is 9.50 Å². The van der Waals surface area contributed by atoms with Crippen molar-refractivity contribution in [1.29, 1.82) is 0 Å². The molecule has 0 spiro atoms. The van der Waals surface area contributed by atoms with E-state index in [1.54, 1.807) is 12.1 Å². The van der Waals surface area contributed by atoms with E-state index in [2.05, 4.69) is 19.1 Å². The summed E-state index contributed by atoms with van der Waals surface area (Å²) in [5.74, 6) is -0.342. The number of benzene rings is 2. The zero-order valence-corrected chi connectivity index (χ0v) is 12.5. The van der Waals surface area contributed by atoms with Crippen molar-refractivity contribution in [2.75, 3.05) is 0 Å². The molecule has 1 N–H and O–H groups in total. The predicted molar refractivity (Wildman–Crippen MR) is 80.5 cm³/mol. The Labute approximate surface area is 120 Å². The van der Waals surface area contributed by atoms with Gasteiger partial charge in [-0.1, -0.05) is 35.4 Å². The summed E-state index contributed by atoms with van der Waals surface area (Å²) in [5, 5.41) is 10.4. The lowest BCUT2D eigenvalue weighted by Gasteiger charge is -2.17. The Bertz CT molecular complexity index is 608. The Morgan fingerprint density at radius 1 is 0.950 bits per heavy atom. The highest BCUT2D eigenvalue weighted by molar-refractivity contribution is 5.39. The van der Waals surface area contributed by atoms with Crippen molar-refractivity contribution in [1.82, 2.24) is 0 Å². The molecule has 2 aromatic carbocycles. The lowest BCUT2D eigenvalue weighted by Crippen LogP contribution is -2.07. The Morgan fingerprint density at radius 3 is 2.15 bits per heavy atom. The van der Waals surface area contributed by atoms with Crippen LogP contribution in [-0.2, 0) is 6.42 Å². The third-order valence-electron chi connectivity index (χ3n) is 3.75. The minimum atomic E-state index is -0.810. The van der Waals surface area contributed by atoms with Crippen molar-refractivity contribution in [2.24, 2.45) is 0 Å². The molecule has 0 aliphatic heterocycles. The van der Waals surface area contributed by atoms with E-state index in [4.69, 9.17) is 0 Å². The maximum Gasteiger partial charge on any atom is 0.129 e. The van der Waals surface area contributed by atoms with Crippen molar-refractivity contribution in [2.45, 2.75) is 40.2 Å². The van der Waals surface area contributed by atoms with E-state index in [0.29, 0.717) is 12.0 Å². The molecule has 0 radical (unpaired) electrons. The van der Waals surface area contributed by atoms with Gasteiger partial charge in [-0.2, -0.15) is 0 Å². The van der Waals surface area contributed by atoms with Crippen LogP contribution in [0.15, 0.2) is 30.3 Å². The highest BCUT2D eigenvalue weighted by Gasteiger charge is 2.16. The zero-order chi connectivity index (χ0) is 14.9. The minimum Gasteiger partial charge on any atom is -0.388 e. The second-order valence-corrected chi connectivity index (χ2v) is 5.62. The van der Waals surface area contributed by atoms with Crippen molar-refractivity contribution in [3.63, 3.8) is 0 Å². The zero-order valence-electron chi connectivity index (χ0n) is 12.5.